The summed E-state index contributed by atoms with van der Waals surface area (Å²) in [6.45, 7) is 4.21. The highest BCUT2D eigenvalue weighted by molar-refractivity contribution is 9.10. The molecular weight excluding hydrogens is 258 g/mol. The van der Waals surface area contributed by atoms with Crippen molar-refractivity contribution in [3.05, 3.63) is 35.7 Å². The second-order valence-corrected chi connectivity index (χ2v) is 4.18. The minimum atomic E-state index is -0.00962. The minimum absolute atomic E-state index is 0.00962. The van der Waals surface area contributed by atoms with Crippen molar-refractivity contribution in [1.29, 1.82) is 0 Å². The van der Waals surface area contributed by atoms with Gasteiger partial charge in [0.15, 0.2) is 6.10 Å². The Morgan fingerprint density at radius 1 is 1.53 bits per heavy atom. The molecule has 1 radical (unpaired) electrons. The third-order valence-corrected chi connectivity index (χ3v) is 2.71. The average Bonchev–Trinajstić information content (AvgIpc) is 2.63. The second-order valence-electron chi connectivity index (χ2n) is 3.33. The molecule has 1 atom stereocenters. The van der Waals surface area contributed by atoms with E-state index in [9.17, 15) is 0 Å². The lowest BCUT2D eigenvalue weighted by Gasteiger charge is -2.11. The highest BCUT2D eigenvalue weighted by Gasteiger charge is 2.18. The van der Waals surface area contributed by atoms with Gasteiger partial charge >= 0.3 is 0 Å². The first-order valence-corrected chi connectivity index (χ1v) is 5.47. The topological polar surface area (TPSA) is 30.8 Å². The van der Waals surface area contributed by atoms with Gasteiger partial charge in [-0.25, -0.2) is 0 Å². The molecule has 0 saturated carbocycles. The Kier molecular flexibility index (Phi) is 3.26. The summed E-state index contributed by atoms with van der Waals surface area (Å²) < 4.78 is 6.54. The monoisotopic (exact) mass is 268 g/mol. The molecule has 2 rings (SSSR count). The van der Waals surface area contributed by atoms with Crippen molar-refractivity contribution in [2.24, 2.45) is 5.16 Å². The molecule has 79 valence electrons. The Balaban J connectivity index is 1.86. The van der Waals surface area contributed by atoms with Gasteiger partial charge in [-0.15, -0.1) is 0 Å². The predicted molar refractivity (Wildman–Crippen MR) is 61.9 cm³/mol. The number of halogens is 1. The zero-order valence-electron chi connectivity index (χ0n) is 8.15. The van der Waals surface area contributed by atoms with Gasteiger partial charge in [0, 0.05) is 6.42 Å². The number of oxime groups is 1. The molecule has 3 nitrogen and oxygen atoms in total. The SMILES string of the molecule is [CH2]C1=NOC(COc2ccccc2Br)C1. The molecule has 0 fully saturated rings. The standard InChI is InChI=1S/C11H11BrNO2/c1-8-6-9(15-13-8)7-14-11-5-3-2-4-10(11)12/h2-5,9H,1,6-7H2. The van der Waals surface area contributed by atoms with E-state index in [1.807, 2.05) is 24.3 Å². The van der Waals surface area contributed by atoms with E-state index in [0.717, 1.165) is 22.4 Å². The van der Waals surface area contributed by atoms with Crippen LogP contribution in [-0.4, -0.2) is 18.4 Å². The lowest BCUT2D eigenvalue weighted by Crippen LogP contribution is -2.17. The Morgan fingerprint density at radius 3 is 3.00 bits per heavy atom. The summed E-state index contributed by atoms with van der Waals surface area (Å²) in [6, 6.07) is 7.72. The van der Waals surface area contributed by atoms with Gasteiger partial charge in [-0.2, -0.15) is 0 Å². The molecule has 1 aliphatic rings. The summed E-state index contributed by atoms with van der Waals surface area (Å²) >= 11 is 3.41. The van der Waals surface area contributed by atoms with Crippen molar-refractivity contribution in [2.75, 3.05) is 6.61 Å². The van der Waals surface area contributed by atoms with Crippen LogP contribution in [-0.2, 0) is 4.84 Å². The number of rotatable bonds is 3. The summed E-state index contributed by atoms with van der Waals surface area (Å²) in [7, 11) is 0. The molecule has 15 heavy (non-hydrogen) atoms. The Bertz CT molecular complexity index is 379. The highest BCUT2D eigenvalue weighted by Crippen LogP contribution is 2.24. The number of nitrogens with zero attached hydrogens (tertiary/aromatic N) is 1. The summed E-state index contributed by atoms with van der Waals surface area (Å²) in [5, 5.41) is 3.77. The number of para-hydroxylation sites is 1. The number of benzene rings is 1. The molecule has 1 aromatic rings. The van der Waals surface area contributed by atoms with Crippen LogP contribution in [0.5, 0.6) is 5.75 Å². The molecule has 0 N–H and O–H groups in total. The minimum Gasteiger partial charge on any atom is -0.488 e. The second kappa shape index (κ2) is 4.66. The fourth-order valence-corrected chi connectivity index (χ4v) is 1.72. The smallest absolute Gasteiger partial charge is 0.166 e. The number of ether oxygens (including phenoxy) is 1. The summed E-state index contributed by atoms with van der Waals surface area (Å²) in [4.78, 5) is 5.11. The van der Waals surface area contributed by atoms with Crippen LogP contribution in [0.3, 0.4) is 0 Å². The lowest BCUT2D eigenvalue weighted by atomic mass is 10.2. The van der Waals surface area contributed by atoms with Crippen molar-refractivity contribution < 1.29 is 9.57 Å². The van der Waals surface area contributed by atoms with Gasteiger partial charge < -0.3 is 9.57 Å². The maximum Gasteiger partial charge on any atom is 0.166 e. The van der Waals surface area contributed by atoms with Crippen molar-refractivity contribution in [2.45, 2.75) is 12.5 Å². The first-order chi connectivity index (χ1) is 7.25. The average molecular weight is 269 g/mol. The van der Waals surface area contributed by atoms with E-state index in [0.29, 0.717) is 6.61 Å². The summed E-state index contributed by atoms with van der Waals surface area (Å²) in [6.07, 6.45) is 0.731. The van der Waals surface area contributed by atoms with E-state index in [1.165, 1.54) is 0 Å². The summed E-state index contributed by atoms with van der Waals surface area (Å²) in [5.74, 6) is 0.818. The fraction of sp³-hybridized carbons (Fsp3) is 0.273. The number of hydrogen-bond donors (Lipinski definition) is 0. The maximum atomic E-state index is 5.60. The van der Waals surface area contributed by atoms with Gasteiger partial charge in [0.25, 0.3) is 0 Å². The van der Waals surface area contributed by atoms with Crippen LogP contribution >= 0.6 is 15.9 Å². The van der Waals surface area contributed by atoms with Gasteiger partial charge in [-0.3, -0.25) is 0 Å². The van der Waals surface area contributed by atoms with E-state index in [2.05, 4.69) is 28.0 Å². The molecule has 1 aliphatic heterocycles. The van der Waals surface area contributed by atoms with E-state index >= 15 is 0 Å². The molecule has 4 heteroatoms. The van der Waals surface area contributed by atoms with E-state index in [-0.39, 0.29) is 6.10 Å². The zero-order valence-corrected chi connectivity index (χ0v) is 9.74. The van der Waals surface area contributed by atoms with Crippen molar-refractivity contribution in [3.63, 3.8) is 0 Å². The van der Waals surface area contributed by atoms with Gasteiger partial charge in [0.2, 0.25) is 0 Å². The van der Waals surface area contributed by atoms with E-state index in [1.54, 1.807) is 0 Å². The largest absolute Gasteiger partial charge is 0.488 e. The zero-order chi connectivity index (χ0) is 10.7. The van der Waals surface area contributed by atoms with Crippen LogP contribution in [0.4, 0.5) is 0 Å². The van der Waals surface area contributed by atoms with E-state index < -0.39 is 0 Å². The third-order valence-electron chi connectivity index (χ3n) is 2.06. The van der Waals surface area contributed by atoms with Crippen molar-refractivity contribution in [1.82, 2.24) is 0 Å². The molecule has 1 aromatic carbocycles. The lowest BCUT2D eigenvalue weighted by molar-refractivity contribution is 0.0468. The van der Waals surface area contributed by atoms with Gasteiger partial charge in [-0.1, -0.05) is 17.3 Å². The third kappa shape index (κ3) is 2.72. The molecule has 0 spiro atoms. The molecule has 1 heterocycles. The van der Waals surface area contributed by atoms with Crippen molar-refractivity contribution >= 4 is 21.6 Å². The van der Waals surface area contributed by atoms with Crippen LogP contribution in [0.1, 0.15) is 6.42 Å². The van der Waals surface area contributed by atoms with Gasteiger partial charge in [-0.05, 0) is 35.0 Å². The quantitative estimate of drug-likeness (QED) is 0.844. The first kappa shape index (κ1) is 10.5. The fourth-order valence-electron chi connectivity index (χ4n) is 1.32. The number of hydrogen-bond acceptors (Lipinski definition) is 3. The first-order valence-electron chi connectivity index (χ1n) is 4.67. The Labute approximate surface area is 97.2 Å². The van der Waals surface area contributed by atoms with Gasteiger partial charge in [0.05, 0.1) is 10.2 Å². The molecule has 0 saturated heterocycles. The molecule has 0 aromatic heterocycles. The Morgan fingerprint density at radius 2 is 2.33 bits per heavy atom. The Hall–Kier alpha value is -1.03. The highest BCUT2D eigenvalue weighted by atomic mass is 79.9. The van der Waals surface area contributed by atoms with E-state index in [4.69, 9.17) is 9.57 Å². The van der Waals surface area contributed by atoms with Crippen LogP contribution in [0.2, 0.25) is 0 Å². The summed E-state index contributed by atoms with van der Waals surface area (Å²) in [5.41, 5.74) is 0.774. The molecule has 0 amide bonds. The predicted octanol–water partition coefficient (Wildman–Crippen LogP) is 2.81. The van der Waals surface area contributed by atoms with Crippen LogP contribution < -0.4 is 4.74 Å². The molecule has 1 unspecified atom stereocenters. The molecule has 0 bridgehead atoms. The van der Waals surface area contributed by atoms with Crippen molar-refractivity contribution in [3.8, 4) is 5.75 Å². The van der Waals surface area contributed by atoms with Gasteiger partial charge in [0.1, 0.15) is 12.4 Å². The normalized spacial score (nSPS) is 19.6. The maximum absolute atomic E-state index is 5.60. The van der Waals surface area contributed by atoms with Crippen LogP contribution in [0.15, 0.2) is 33.9 Å². The molecule has 0 aliphatic carbocycles. The van der Waals surface area contributed by atoms with Crippen LogP contribution in [0.25, 0.3) is 0 Å². The van der Waals surface area contributed by atoms with Crippen LogP contribution in [0, 0.1) is 6.92 Å². The molecular formula is C11H11BrNO2.